The number of rotatable bonds is 5. The van der Waals surface area contributed by atoms with Crippen molar-refractivity contribution in [1.82, 2.24) is 5.32 Å². The van der Waals surface area contributed by atoms with E-state index in [1.54, 1.807) is 36.4 Å². The quantitative estimate of drug-likeness (QED) is 0.711. The van der Waals surface area contributed by atoms with Crippen molar-refractivity contribution in [2.24, 2.45) is 11.8 Å². The minimum atomic E-state index is -0.357. The highest BCUT2D eigenvalue weighted by Gasteiger charge is 2.40. The summed E-state index contributed by atoms with van der Waals surface area (Å²) in [4.78, 5) is 42.2. The van der Waals surface area contributed by atoms with E-state index < -0.39 is 0 Å². The predicted molar refractivity (Wildman–Crippen MR) is 122 cm³/mol. The van der Waals surface area contributed by atoms with Gasteiger partial charge in [0.1, 0.15) is 0 Å². The maximum Gasteiger partial charge on any atom is 0.268 e. The summed E-state index contributed by atoms with van der Waals surface area (Å²) in [6.07, 6.45) is 1.67. The lowest BCUT2D eigenvalue weighted by Crippen LogP contribution is -2.44. The van der Waals surface area contributed by atoms with Crippen molar-refractivity contribution in [3.63, 3.8) is 0 Å². The zero-order valence-electron chi connectivity index (χ0n) is 17.7. The Morgan fingerprint density at radius 1 is 1.16 bits per heavy atom. The summed E-state index contributed by atoms with van der Waals surface area (Å²) in [5, 5.41) is 3.48. The van der Waals surface area contributed by atoms with Crippen LogP contribution in [0.15, 0.2) is 42.5 Å². The van der Waals surface area contributed by atoms with Crippen LogP contribution in [-0.2, 0) is 4.79 Å². The smallest absolute Gasteiger partial charge is 0.268 e. The van der Waals surface area contributed by atoms with Crippen molar-refractivity contribution in [2.45, 2.75) is 26.7 Å². The van der Waals surface area contributed by atoms with Crippen LogP contribution in [-0.4, -0.2) is 37.4 Å². The van der Waals surface area contributed by atoms with Gasteiger partial charge in [-0.1, -0.05) is 37.6 Å². The Labute approximate surface area is 187 Å². The molecule has 0 radical (unpaired) electrons. The second-order valence-corrected chi connectivity index (χ2v) is 8.99. The van der Waals surface area contributed by atoms with Crippen molar-refractivity contribution < 1.29 is 14.4 Å². The third-order valence-electron chi connectivity index (χ3n) is 5.78. The van der Waals surface area contributed by atoms with E-state index in [0.717, 1.165) is 19.4 Å². The molecule has 0 bridgehead atoms. The molecule has 1 unspecified atom stereocenters. The molecule has 6 nitrogen and oxygen atoms in total. The van der Waals surface area contributed by atoms with E-state index >= 15 is 0 Å². The third kappa shape index (κ3) is 4.17. The van der Waals surface area contributed by atoms with Gasteiger partial charge in [-0.25, -0.2) is 4.90 Å². The molecule has 2 aromatic rings. The van der Waals surface area contributed by atoms with Gasteiger partial charge in [0, 0.05) is 24.7 Å². The fraction of sp³-hybridized carbons (Fsp3) is 0.375. The molecule has 1 fully saturated rings. The van der Waals surface area contributed by atoms with Gasteiger partial charge in [0.05, 0.1) is 28.4 Å². The molecule has 3 amide bonds. The molecule has 0 aliphatic carbocycles. The molecule has 2 aliphatic rings. The molecule has 7 heteroatoms. The fourth-order valence-corrected chi connectivity index (χ4v) is 4.42. The van der Waals surface area contributed by atoms with Gasteiger partial charge in [0.15, 0.2) is 0 Å². The molecular formula is C24H26ClN3O3. The van der Waals surface area contributed by atoms with E-state index in [0.29, 0.717) is 46.5 Å². The number of anilines is 2. The van der Waals surface area contributed by atoms with Gasteiger partial charge in [-0.15, -0.1) is 0 Å². The summed E-state index contributed by atoms with van der Waals surface area (Å²) >= 11 is 6.08. The number of hydrogen-bond acceptors (Lipinski definition) is 4. The summed E-state index contributed by atoms with van der Waals surface area (Å²) in [6.45, 7) is 6.05. The Kier molecular flexibility index (Phi) is 6.01. The van der Waals surface area contributed by atoms with Crippen LogP contribution in [0.4, 0.5) is 11.4 Å². The lowest BCUT2D eigenvalue weighted by atomic mass is 9.95. The fourth-order valence-electron chi connectivity index (χ4n) is 4.24. The van der Waals surface area contributed by atoms with E-state index in [-0.39, 0.29) is 23.6 Å². The van der Waals surface area contributed by atoms with Crippen LogP contribution in [0.3, 0.4) is 0 Å². The van der Waals surface area contributed by atoms with Crippen molar-refractivity contribution in [3.8, 4) is 0 Å². The first-order valence-corrected chi connectivity index (χ1v) is 11.0. The summed E-state index contributed by atoms with van der Waals surface area (Å²) in [6, 6.07) is 12.1. The van der Waals surface area contributed by atoms with Crippen molar-refractivity contribution >= 4 is 40.7 Å². The molecule has 1 saturated heterocycles. The van der Waals surface area contributed by atoms with Gasteiger partial charge < -0.3 is 10.2 Å². The molecule has 2 heterocycles. The van der Waals surface area contributed by atoms with Crippen LogP contribution < -0.4 is 15.1 Å². The van der Waals surface area contributed by atoms with Gasteiger partial charge in [0.2, 0.25) is 5.91 Å². The largest absolute Gasteiger partial charge is 0.370 e. The number of nitrogens with one attached hydrogen (secondary N) is 1. The van der Waals surface area contributed by atoms with Gasteiger partial charge in [-0.3, -0.25) is 14.4 Å². The number of imide groups is 1. The monoisotopic (exact) mass is 439 g/mol. The van der Waals surface area contributed by atoms with Crippen molar-refractivity contribution in [2.75, 3.05) is 29.4 Å². The second kappa shape index (κ2) is 8.71. The zero-order chi connectivity index (χ0) is 22.1. The van der Waals surface area contributed by atoms with Crippen molar-refractivity contribution in [1.29, 1.82) is 0 Å². The summed E-state index contributed by atoms with van der Waals surface area (Å²) in [7, 11) is 0. The SMILES string of the molecule is CC(C)CNC(=O)C1CCCN(c2cccc3c2C(=O)N(c2cccc(Cl)c2)C3=O)C1. The van der Waals surface area contributed by atoms with E-state index in [4.69, 9.17) is 11.6 Å². The van der Waals surface area contributed by atoms with E-state index in [1.165, 1.54) is 4.90 Å². The maximum absolute atomic E-state index is 13.3. The Morgan fingerprint density at radius 3 is 2.68 bits per heavy atom. The Morgan fingerprint density at radius 2 is 1.94 bits per heavy atom. The minimum Gasteiger partial charge on any atom is -0.370 e. The highest BCUT2D eigenvalue weighted by atomic mass is 35.5. The number of nitrogens with zero attached hydrogens (tertiary/aromatic N) is 2. The summed E-state index contributed by atoms with van der Waals surface area (Å²) in [5.41, 5.74) is 1.94. The number of piperidine rings is 1. The zero-order valence-corrected chi connectivity index (χ0v) is 18.5. The predicted octanol–water partition coefficient (Wildman–Crippen LogP) is 4.13. The van der Waals surface area contributed by atoms with Gasteiger partial charge >= 0.3 is 0 Å². The number of amides is 3. The van der Waals surface area contributed by atoms with Gasteiger partial charge in [-0.05, 0) is 49.1 Å². The number of carbonyl (C=O) groups excluding carboxylic acids is 3. The Hall–Kier alpha value is -2.86. The number of carbonyl (C=O) groups is 3. The van der Waals surface area contributed by atoms with Crippen LogP contribution in [0.1, 0.15) is 47.4 Å². The third-order valence-corrected chi connectivity index (χ3v) is 6.01. The molecule has 0 spiro atoms. The molecule has 0 aromatic heterocycles. The number of halogens is 1. The lowest BCUT2D eigenvalue weighted by Gasteiger charge is -2.34. The summed E-state index contributed by atoms with van der Waals surface area (Å²) < 4.78 is 0. The normalized spacial score (nSPS) is 18.5. The molecule has 2 aliphatic heterocycles. The molecular weight excluding hydrogens is 414 g/mol. The Balaban J connectivity index is 1.61. The highest BCUT2D eigenvalue weighted by Crippen LogP contribution is 2.36. The molecule has 2 aromatic carbocycles. The molecule has 162 valence electrons. The van der Waals surface area contributed by atoms with E-state index in [9.17, 15) is 14.4 Å². The first kappa shape index (κ1) is 21.4. The second-order valence-electron chi connectivity index (χ2n) is 8.55. The number of fused-ring (bicyclic) bond motifs is 1. The van der Waals surface area contributed by atoms with Crippen LogP contribution in [0.5, 0.6) is 0 Å². The molecule has 0 saturated carbocycles. The minimum absolute atomic E-state index is 0.0499. The standard InChI is InChI=1S/C24H26ClN3O3/c1-15(2)13-26-22(29)16-6-5-11-27(14-16)20-10-4-9-19-21(20)24(31)28(23(19)30)18-8-3-7-17(25)12-18/h3-4,7-10,12,15-16H,5-6,11,13-14H2,1-2H3,(H,26,29). The first-order valence-electron chi connectivity index (χ1n) is 10.7. The van der Waals surface area contributed by atoms with Crippen LogP contribution >= 0.6 is 11.6 Å². The first-order chi connectivity index (χ1) is 14.9. The maximum atomic E-state index is 13.3. The Bertz CT molecular complexity index is 1040. The average molecular weight is 440 g/mol. The van der Waals surface area contributed by atoms with Crippen LogP contribution in [0.25, 0.3) is 0 Å². The van der Waals surface area contributed by atoms with Crippen LogP contribution in [0, 0.1) is 11.8 Å². The molecule has 1 atom stereocenters. The average Bonchev–Trinajstić information content (AvgIpc) is 3.02. The summed E-state index contributed by atoms with van der Waals surface area (Å²) in [5.74, 6) is -0.410. The van der Waals surface area contributed by atoms with E-state index in [2.05, 4.69) is 24.1 Å². The van der Waals surface area contributed by atoms with Gasteiger partial charge in [-0.2, -0.15) is 0 Å². The lowest BCUT2D eigenvalue weighted by molar-refractivity contribution is -0.125. The van der Waals surface area contributed by atoms with Gasteiger partial charge in [0.25, 0.3) is 11.8 Å². The van der Waals surface area contributed by atoms with Crippen LogP contribution in [0.2, 0.25) is 5.02 Å². The topological polar surface area (TPSA) is 69.7 Å². The van der Waals surface area contributed by atoms with E-state index in [1.807, 2.05) is 6.07 Å². The number of hydrogen-bond donors (Lipinski definition) is 1. The molecule has 1 N–H and O–H groups in total. The molecule has 4 rings (SSSR count). The highest BCUT2D eigenvalue weighted by molar-refractivity contribution is 6.37. The number of benzene rings is 2. The molecule has 31 heavy (non-hydrogen) atoms. The van der Waals surface area contributed by atoms with Crippen molar-refractivity contribution in [3.05, 3.63) is 58.6 Å².